The molecule has 0 saturated carbocycles. The van der Waals surface area contributed by atoms with Crippen molar-refractivity contribution >= 4 is 49.4 Å². The third kappa shape index (κ3) is 10.1. The van der Waals surface area contributed by atoms with Crippen molar-refractivity contribution in [1.29, 1.82) is 0 Å². The average Bonchev–Trinajstić information content (AvgIpc) is 2.72. The van der Waals surface area contributed by atoms with E-state index in [1.165, 1.54) is 31.0 Å². The first-order chi connectivity index (χ1) is 14.9. The first kappa shape index (κ1) is 28.1. The summed E-state index contributed by atoms with van der Waals surface area (Å²) >= 11 is 1.49. The summed E-state index contributed by atoms with van der Waals surface area (Å²) in [6, 6.07) is 5.54. The van der Waals surface area contributed by atoms with Gasteiger partial charge in [-0.15, -0.1) is 0 Å². The highest BCUT2D eigenvalue weighted by Gasteiger charge is 2.30. The molecule has 0 unspecified atom stereocenters. The van der Waals surface area contributed by atoms with Gasteiger partial charge < -0.3 is 20.1 Å². The highest BCUT2D eigenvalue weighted by atomic mass is 33.1. The summed E-state index contributed by atoms with van der Waals surface area (Å²) in [5.41, 5.74) is -0.818. The van der Waals surface area contributed by atoms with E-state index in [-0.39, 0.29) is 10.6 Å². The second-order valence-corrected chi connectivity index (χ2v) is 12.6. The third-order valence-electron chi connectivity index (χ3n) is 3.84. The lowest BCUT2D eigenvalue weighted by Crippen LogP contribution is -2.53. The van der Waals surface area contributed by atoms with E-state index < -0.39 is 44.5 Å². The largest absolute Gasteiger partial charge is 0.467 e. The highest BCUT2D eigenvalue weighted by Crippen LogP contribution is 2.24. The molecule has 1 aromatic carbocycles. The summed E-state index contributed by atoms with van der Waals surface area (Å²) in [4.78, 5) is 37.2. The topological polar surface area (TPSA) is 128 Å². The van der Waals surface area contributed by atoms with Gasteiger partial charge in [-0.3, -0.25) is 4.79 Å². The molecule has 0 bridgehead atoms. The maximum absolute atomic E-state index is 12.9. The molecule has 2 amide bonds. The van der Waals surface area contributed by atoms with Gasteiger partial charge in [0.2, 0.25) is 14.8 Å². The molecule has 0 aliphatic carbocycles. The van der Waals surface area contributed by atoms with Crippen LogP contribution in [0.4, 0.5) is 4.79 Å². The molecule has 0 aliphatic heterocycles. The van der Waals surface area contributed by atoms with Crippen LogP contribution in [-0.4, -0.2) is 68.9 Å². The van der Waals surface area contributed by atoms with Crippen LogP contribution in [-0.2, 0) is 27.9 Å². The number of rotatable bonds is 11. The number of alkyl carbamates (subject to hydrolysis) is 1. The quantitative estimate of drug-likeness (QED) is 0.343. The minimum absolute atomic E-state index is 0.0776. The molecule has 2 N–H and O–H groups in total. The lowest BCUT2D eigenvalue weighted by molar-refractivity contribution is -0.145. The van der Waals surface area contributed by atoms with Crippen LogP contribution in [0.5, 0.6) is 0 Å². The second kappa shape index (κ2) is 12.9. The van der Waals surface area contributed by atoms with Gasteiger partial charge >= 0.3 is 12.1 Å². The normalized spacial score (nSPS) is 13.5. The van der Waals surface area contributed by atoms with Crippen molar-refractivity contribution in [3.63, 3.8) is 0 Å². The van der Waals surface area contributed by atoms with Crippen LogP contribution in [0.3, 0.4) is 0 Å². The molecule has 1 aromatic rings. The standard InChI is InChI=1S/C20H30N2O7S3/c1-20(2,3)29-19(25)22-16(13-31-32(26,27)14-9-7-6-8-10-14)17(23)21-15(11-12-30-5)18(24)28-4/h6-10,15-16H,11-13H2,1-5H3,(H,21,23)(H,22,25)/t15-,16-/m0/s1. The number of ether oxygens (including phenoxy) is 2. The van der Waals surface area contributed by atoms with E-state index in [0.29, 0.717) is 23.0 Å². The molecule has 32 heavy (non-hydrogen) atoms. The maximum atomic E-state index is 12.9. The monoisotopic (exact) mass is 506 g/mol. The molecule has 2 atom stereocenters. The van der Waals surface area contributed by atoms with E-state index in [1.807, 2.05) is 6.26 Å². The van der Waals surface area contributed by atoms with Gasteiger partial charge in [-0.1, -0.05) is 18.2 Å². The summed E-state index contributed by atoms with van der Waals surface area (Å²) in [6.45, 7) is 4.98. The van der Waals surface area contributed by atoms with Gasteiger partial charge in [0.1, 0.15) is 17.7 Å². The van der Waals surface area contributed by atoms with Crippen molar-refractivity contribution < 1.29 is 32.3 Å². The zero-order valence-electron chi connectivity index (χ0n) is 18.7. The Labute approximate surface area is 197 Å². The van der Waals surface area contributed by atoms with Crippen LogP contribution in [0.25, 0.3) is 0 Å². The minimum Gasteiger partial charge on any atom is -0.467 e. The van der Waals surface area contributed by atoms with Crippen LogP contribution >= 0.6 is 22.6 Å². The van der Waals surface area contributed by atoms with Crippen molar-refractivity contribution in [1.82, 2.24) is 10.6 Å². The summed E-state index contributed by atoms with van der Waals surface area (Å²) < 4.78 is 35.1. The fourth-order valence-corrected chi connectivity index (χ4v) is 5.68. The van der Waals surface area contributed by atoms with Gasteiger partial charge in [-0.25, -0.2) is 18.0 Å². The number of hydrogen-bond acceptors (Lipinski definition) is 9. The smallest absolute Gasteiger partial charge is 0.408 e. The van der Waals surface area contributed by atoms with Crippen LogP contribution in [0, 0.1) is 0 Å². The molecule has 0 aromatic heterocycles. The molecule has 0 spiro atoms. The van der Waals surface area contributed by atoms with Crippen molar-refractivity contribution in [2.24, 2.45) is 0 Å². The Hall–Kier alpha value is -1.92. The fourth-order valence-electron chi connectivity index (χ4n) is 2.34. The highest BCUT2D eigenvalue weighted by molar-refractivity contribution is 8.72. The predicted octanol–water partition coefficient (Wildman–Crippen LogP) is 2.41. The van der Waals surface area contributed by atoms with Crippen LogP contribution < -0.4 is 10.6 Å². The fraction of sp³-hybridized carbons (Fsp3) is 0.550. The molecule has 1 rings (SSSR count). The van der Waals surface area contributed by atoms with E-state index in [2.05, 4.69) is 10.6 Å². The van der Waals surface area contributed by atoms with Crippen molar-refractivity contribution in [2.75, 3.05) is 24.9 Å². The number of amides is 2. The minimum atomic E-state index is -3.77. The summed E-state index contributed by atoms with van der Waals surface area (Å²) in [7, 11) is -2.06. The van der Waals surface area contributed by atoms with E-state index >= 15 is 0 Å². The van der Waals surface area contributed by atoms with Crippen LogP contribution in [0.1, 0.15) is 27.2 Å². The Morgan fingerprint density at radius 2 is 1.69 bits per heavy atom. The van der Waals surface area contributed by atoms with Gasteiger partial charge in [0.25, 0.3) is 0 Å². The lowest BCUT2D eigenvalue weighted by Gasteiger charge is -2.24. The molecule has 0 saturated heterocycles. The number of esters is 1. The summed E-state index contributed by atoms with van der Waals surface area (Å²) in [6.07, 6.45) is 1.29. The van der Waals surface area contributed by atoms with Gasteiger partial charge in [-0.05, 0) is 62.1 Å². The predicted molar refractivity (Wildman–Crippen MR) is 126 cm³/mol. The van der Waals surface area contributed by atoms with Crippen molar-refractivity contribution in [3.05, 3.63) is 30.3 Å². The number of nitrogens with one attached hydrogen (secondary N) is 2. The molecule has 0 aliphatic rings. The van der Waals surface area contributed by atoms with E-state index in [4.69, 9.17) is 9.47 Å². The summed E-state index contributed by atoms with van der Waals surface area (Å²) in [5.74, 6) is -1.06. The number of thioether (sulfide) groups is 1. The Bertz CT molecular complexity index is 871. The Morgan fingerprint density at radius 1 is 1.06 bits per heavy atom. The molecule has 0 radical (unpaired) electrons. The SMILES string of the molecule is COC(=O)[C@H](CCSC)NC(=O)[C@H](CSS(=O)(=O)c1ccccc1)NC(=O)OC(C)(C)C. The zero-order chi connectivity index (χ0) is 24.4. The molecule has 0 heterocycles. The van der Waals surface area contributed by atoms with Gasteiger partial charge in [0.15, 0.2) is 0 Å². The van der Waals surface area contributed by atoms with Gasteiger partial charge in [0, 0.05) is 5.75 Å². The Kier molecular flexibility index (Phi) is 11.4. The van der Waals surface area contributed by atoms with E-state index in [0.717, 1.165) is 0 Å². The number of carbonyl (C=O) groups excluding carboxylic acids is 3. The zero-order valence-corrected chi connectivity index (χ0v) is 21.2. The lowest BCUT2D eigenvalue weighted by atomic mass is 10.2. The first-order valence-electron chi connectivity index (χ1n) is 9.70. The molecule has 180 valence electrons. The molecule has 0 fully saturated rings. The molecule has 9 nitrogen and oxygen atoms in total. The van der Waals surface area contributed by atoms with E-state index in [1.54, 1.807) is 39.0 Å². The Morgan fingerprint density at radius 3 is 2.22 bits per heavy atom. The number of benzene rings is 1. The van der Waals surface area contributed by atoms with Gasteiger partial charge in [-0.2, -0.15) is 11.8 Å². The number of hydrogen-bond donors (Lipinski definition) is 2. The average molecular weight is 507 g/mol. The molecular weight excluding hydrogens is 476 g/mol. The van der Waals surface area contributed by atoms with E-state index in [9.17, 15) is 22.8 Å². The van der Waals surface area contributed by atoms with Gasteiger partial charge in [0.05, 0.1) is 12.0 Å². The number of methoxy groups -OCH3 is 1. The summed E-state index contributed by atoms with van der Waals surface area (Å²) in [5, 5.41) is 4.94. The van der Waals surface area contributed by atoms with Crippen molar-refractivity contribution in [2.45, 2.75) is 49.8 Å². The Balaban J connectivity index is 3.01. The van der Waals surface area contributed by atoms with Crippen molar-refractivity contribution in [3.8, 4) is 0 Å². The maximum Gasteiger partial charge on any atom is 0.408 e. The molecular formula is C20H30N2O7S3. The molecule has 12 heteroatoms. The second-order valence-electron chi connectivity index (χ2n) is 7.62. The third-order valence-corrected chi connectivity index (χ3v) is 8.03. The van der Waals surface area contributed by atoms with Crippen LogP contribution in [0.2, 0.25) is 0 Å². The van der Waals surface area contributed by atoms with Crippen LogP contribution in [0.15, 0.2) is 35.2 Å². The number of carbonyl (C=O) groups is 3. The first-order valence-corrected chi connectivity index (χ1v) is 14.1.